The summed E-state index contributed by atoms with van der Waals surface area (Å²) in [6.07, 6.45) is 2.74. The highest BCUT2D eigenvalue weighted by Gasteiger charge is 2.00. The van der Waals surface area contributed by atoms with Crippen LogP contribution in [0.25, 0.3) is 0 Å². The van der Waals surface area contributed by atoms with Crippen LogP contribution in [0.4, 0.5) is 0 Å². The molecule has 2 N–H and O–H groups in total. The molecule has 0 fully saturated rings. The zero-order valence-electron chi connectivity index (χ0n) is 10.4. The topological polar surface area (TPSA) is 68.2 Å². The van der Waals surface area contributed by atoms with Gasteiger partial charge in [-0.2, -0.15) is 5.10 Å². The molecular formula is C11H20N4O2. The number of nitrogens with one attached hydrogen (secondary N) is 2. The van der Waals surface area contributed by atoms with E-state index in [1.807, 2.05) is 19.3 Å². The molecule has 0 unspecified atom stereocenters. The zero-order valence-corrected chi connectivity index (χ0v) is 10.4. The molecule has 1 rings (SSSR count). The summed E-state index contributed by atoms with van der Waals surface area (Å²) >= 11 is 0. The van der Waals surface area contributed by atoms with E-state index < -0.39 is 0 Å². The Labute approximate surface area is 101 Å². The molecule has 0 aliphatic heterocycles. The first-order valence-electron chi connectivity index (χ1n) is 5.67. The van der Waals surface area contributed by atoms with Crippen molar-refractivity contribution in [3.63, 3.8) is 0 Å². The summed E-state index contributed by atoms with van der Waals surface area (Å²) in [4.78, 5) is 11.3. The highest BCUT2D eigenvalue weighted by atomic mass is 16.5. The molecule has 1 aromatic heterocycles. The van der Waals surface area contributed by atoms with Crippen molar-refractivity contribution < 1.29 is 9.53 Å². The number of hydrogen-bond acceptors (Lipinski definition) is 4. The van der Waals surface area contributed by atoms with Crippen LogP contribution in [0.15, 0.2) is 12.3 Å². The quantitative estimate of drug-likeness (QED) is 0.591. The van der Waals surface area contributed by atoms with Crippen molar-refractivity contribution in [3.05, 3.63) is 18.0 Å². The first-order valence-corrected chi connectivity index (χ1v) is 5.67. The highest BCUT2D eigenvalue weighted by molar-refractivity contribution is 5.77. The van der Waals surface area contributed by atoms with Crippen molar-refractivity contribution in [1.29, 1.82) is 0 Å². The Morgan fingerprint density at radius 3 is 3.00 bits per heavy atom. The normalized spacial score (nSPS) is 10.5. The lowest BCUT2D eigenvalue weighted by Gasteiger charge is -2.05. The molecule has 0 atom stereocenters. The lowest BCUT2D eigenvalue weighted by Crippen LogP contribution is -2.36. The molecule has 96 valence electrons. The molecule has 0 saturated heterocycles. The summed E-state index contributed by atoms with van der Waals surface area (Å²) in [5.41, 5.74) is 1.03. The third kappa shape index (κ3) is 6.03. The van der Waals surface area contributed by atoms with Crippen molar-refractivity contribution in [2.75, 3.05) is 33.4 Å². The molecule has 1 aromatic rings. The first kappa shape index (κ1) is 13.7. The van der Waals surface area contributed by atoms with Crippen LogP contribution in [0.1, 0.15) is 5.69 Å². The van der Waals surface area contributed by atoms with E-state index in [4.69, 9.17) is 4.74 Å². The molecule has 0 spiro atoms. The van der Waals surface area contributed by atoms with Gasteiger partial charge < -0.3 is 15.4 Å². The predicted molar refractivity (Wildman–Crippen MR) is 64.7 cm³/mol. The lowest BCUT2D eigenvalue weighted by molar-refractivity contribution is -0.120. The van der Waals surface area contributed by atoms with Crippen molar-refractivity contribution >= 4 is 5.91 Å². The van der Waals surface area contributed by atoms with Crippen LogP contribution in [0, 0.1) is 0 Å². The van der Waals surface area contributed by atoms with E-state index in [0.717, 1.165) is 18.7 Å². The average molecular weight is 240 g/mol. The molecule has 1 heterocycles. The van der Waals surface area contributed by atoms with Gasteiger partial charge in [-0.3, -0.25) is 9.48 Å². The van der Waals surface area contributed by atoms with E-state index in [1.54, 1.807) is 11.8 Å². The molecule has 1 amide bonds. The van der Waals surface area contributed by atoms with Crippen molar-refractivity contribution in [2.24, 2.45) is 7.05 Å². The maximum atomic E-state index is 11.3. The minimum atomic E-state index is -0.0110. The number of carbonyl (C=O) groups is 1. The first-order chi connectivity index (χ1) is 8.22. The van der Waals surface area contributed by atoms with Gasteiger partial charge in [0.1, 0.15) is 0 Å². The number of rotatable bonds is 8. The van der Waals surface area contributed by atoms with E-state index in [0.29, 0.717) is 19.7 Å². The van der Waals surface area contributed by atoms with Crippen molar-refractivity contribution in [2.45, 2.75) is 6.42 Å². The molecule has 0 saturated carbocycles. The number of methoxy groups -OCH3 is 1. The van der Waals surface area contributed by atoms with E-state index in [2.05, 4.69) is 15.7 Å². The van der Waals surface area contributed by atoms with Gasteiger partial charge in [-0.15, -0.1) is 0 Å². The number of aromatic nitrogens is 2. The van der Waals surface area contributed by atoms with Gasteiger partial charge in [0.25, 0.3) is 0 Å². The zero-order chi connectivity index (χ0) is 12.5. The molecule has 0 radical (unpaired) electrons. The van der Waals surface area contributed by atoms with Crippen LogP contribution in [-0.4, -0.2) is 49.0 Å². The Hall–Kier alpha value is -1.40. The fraction of sp³-hybridized carbons (Fsp3) is 0.636. The van der Waals surface area contributed by atoms with Crippen LogP contribution in [0.2, 0.25) is 0 Å². The maximum Gasteiger partial charge on any atom is 0.234 e. The summed E-state index contributed by atoms with van der Waals surface area (Å²) in [7, 11) is 3.50. The Kier molecular flexibility index (Phi) is 6.27. The van der Waals surface area contributed by atoms with Gasteiger partial charge in [-0.05, 0) is 6.07 Å². The van der Waals surface area contributed by atoms with Crippen molar-refractivity contribution in [1.82, 2.24) is 20.4 Å². The standard InChI is InChI=1S/C11H20N4O2/c1-15-7-4-10(14-15)3-5-12-9-11(16)13-6-8-17-2/h4,7,12H,3,5-6,8-9H2,1-2H3,(H,13,16). The van der Waals surface area contributed by atoms with Crippen LogP contribution in [-0.2, 0) is 23.0 Å². The fourth-order valence-electron chi connectivity index (χ4n) is 1.37. The second-order valence-electron chi connectivity index (χ2n) is 3.75. The Morgan fingerprint density at radius 1 is 1.53 bits per heavy atom. The van der Waals surface area contributed by atoms with E-state index in [9.17, 15) is 4.79 Å². The Morgan fingerprint density at radius 2 is 2.35 bits per heavy atom. The SMILES string of the molecule is COCCNC(=O)CNCCc1ccn(C)n1. The van der Waals surface area contributed by atoms with Crippen molar-refractivity contribution in [3.8, 4) is 0 Å². The van der Waals surface area contributed by atoms with E-state index in [1.165, 1.54) is 0 Å². The van der Waals surface area contributed by atoms with Crippen LogP contribution in [0.3, 0.4) is 0 Å². The molecule has 0 aliphatic rings. The Balaban J connectivity index is 2.02. The summed E-state index contributed by atoms with van der Waals surface area (Å²) < 4.78 is 6.60. The number of amides is 1. The fourth-order valence-corrected chi connectivity index (χ4v) is 1.37. The molecular weight excluding hydrogens is 220 g/mol. The minimum Gasteiger partial charge on any atom is -0.383 e. The third-order valence-electron chi connectivity index (χ3n) is 2.24. The summed E-state index contributed by atoms with van der Waals surface area (Å²) in [6.45, 7) is 2.17. The molecule has 6 nitrogen and oxygen atoms in total. The third-order valence-corrected chi connectivity index (χ3v) is 2.24. The molecule has 6 heteroatoms. The molecule has 0 aliphatic carbocycles. The van der Waals surface area contributed by atoms with Crippen LogP contribution in [0.5, 0.6) is 0 Å². The average Bonchev–Trinajstić information content (AvgIpc) is 2.71. The largest absolute Gasteiger partial charge is 0.383 e. The lowest BCUT2D eigenvalue weighted by atomic mass is 10.3. The van der Waals surface area contributed by atoms with Crippen LogP contribution >= 0.6 is 0 Å². The smallest absolute Gasteiger partial charge is 0.234 e. The van der Waals surface area contributed by atoms with Gasteiger partial charge in [0.05, 0.1) is 18.8 Å². The number of nitrogens with zero attached hydrogens (tertiary/aromatic N) is 2. The van der Waals surface area contributed by atoms with Gasteiger partial charge in [-0.25, -0.2) is 0 Å². The van der Waals surface area contributed by atoms with E-state index >= 15 is 0 Å². The monoisotopic (exact) mass is 240 g/mol. The Bertz CT molecular complexity index is 338. The van der Waals surface area contributed by atoms with Gasteiger partial charge in [0, 0.05) is 39.9 Å². The number of carbonyl (C=O) groups excluding carboxylic acids is 1. The van der Waals surface area contributed by atoms with Gasteiger partial charge >= 0.3 is 0 Å². The predicted octanol–water partition coefficient (Wildman–Crippen LogP) is -0.685. The molecule has 0 aromatic carbocycles. The van der Waals surface area contributed by atoms with Crippen LogP contribution < -0.4 is 10.6 Å². The highest BCUT2D eigenvalue weighted by Crippen LogP contribution is 1.93. The number of aryl methyl sites for hydroxylation is 1. The summed E-state index contributed by atoms with van der Waals surface area (Å²) in [6, 6.07) is 1.97. The van der Waals surface area contributed by atoms with Gasteiger partial charge in [0.2, 0.25) is 5.91 Å². The number of hydrogen-bond donors (Lipinski definition) is 2. The van der Waals surface area contributed by atoms with E-state index in [-0.39, 0.29) is 5.91 Å². The number of ether oxygens (including phenoxy) is 1. The summed E-state index contributed by atoms with van der Waals surface area (Å²) in [5.74, 6) is -0.0110. The summed E-state index contributed by atoms with van der Waals surface area (Å²) in [5, 5.41) is 10.1. The van der Waals surface area contributed by atoms with Gasteiger partial charge in [0.15, 0.2) is 0 Å². The van der Waals surface area contributed by atoms with Gasteiger partial charge in [-0.1, -0.05) is 0 Å². The second-order valence-corrected chi connectivity index (χ2v) is 3.75. The maximum absolute atomic E-state index is 11.3. The molecule has 17 heavy (non-hydrogen) atoms. The molecule has 0 bridgehead atoms. The minimum absolute atomic E-state index is 0.0110. The second kappa shape index (κ2) is 7.81.